The fraction of sp³-hybridized carbons (Fsp3) is 0.316. The minimum Gasteiger partial charge on any atom is -0.485 e. The summed E-state index contributed by atoms with van der Waals surface area (Å²) in [5, 5.41) is 3.39. The molecule has 1 heterocycles. The van der Waals surface area contributed by atoms with E-state index in [1.54, 1.807) is 18.2 Å². The molecule has 0 saturated heterocycles. The minimum absolute atomic E-state index is 0.246. The molecule has 2 rings (SSSR count). The quantitative estimate of drug-likeness (QED) is 0.728. The molecule has 128 valence electrons. The van der Waals surface area contributed by atoms with Gasteiger partial charge in [0.2, 0.25) is 0 Å². The van der Waals surface area contributed by atoms with Crippen molar-refractivity contribution in [2.24, 2.45) is 0 Å². The number of carbonyl (C=O) groups is 1. The first-order chi connectivity index (χ1) is 11.4. The molecule has 2 aromatic rings. The van der Waals surface area contributed by atoms with Crippen molar-refractivity contribution in [3.8, 4) is 5.75 Å². The molecule has 0 aliphatic carbocycles. The summed E-state index contributed by atoms with van der Waals surface area (Å²) in [5.74, 6) is 1.63. The third-order valence-electron chi connectivity index (χ3n) is 3.58. The van der Waals surface area contributed by atoms with Gasteiger partial charge in [-0.2, -0.15) is 0 Å². The molecule has 4 nitrogen and oxygen atoms in total. The van der Waals surface area contributed by atoms with Gasteiger partial charge in [-0.1, -0.05) is 31.5 Å². The Morgan fingerprint density at radius 1 is 1.42 bits per heavy atom. The van der Waals surface area contributed by atoms with E-state index in [2.05, 4.69) is 25.7 Å². The first kappa shape index (κ1) is 18.1. The van der Waals surface area contributed by atoms with E-state index in [-0.39, 0.29) is 24.2 Å². The number of rotatable bonds is 7. The predicted octanol–water partition coefficient (Wildman–Crippen LogP) is 4.86. The van der Waals surface area contributed by atoms with E-state index >= 15 is 0 Å². The van der Waals surface area contributed by atoms with Crippen molar-refractivity contribution in [3.63, 3.8) is 0 Å². The van der Waals surface area contributed by atoms with Gasteiger partial charge < -0.3 is 14.5 Å². The summed E-state index contributed by atoms with van der Waals surface area (Å²) in [5.41, 5.74) is 2.00. The second kappa shape index (κ2) is 8.06. The summed E-state index contributed by atoms with van der Waals surface area (Å²) >= 11 is 6.20. The fourth-order valence-electron chi connectivity index (χ4n) is 2.22. The van der Waals surface area contributed by atoms with Crippen LogP contribution in [0.3, 0.4) is 0 Å². The van der Waals surface area contributed by atoms with E-state index in [4.69, 9.17) is 20.8 Å². The number of benzene rings is 1. The third-order valence-corrected chi connectivity index (χ3v) is 3.98. The normalized spacial score (nSPS) is 10.7. The van der Waals surface area contributed by atoms with Crippen molar-refractivity contribution in [2.45, 2.75) is 33.3 Å². The van der Waals surface area contributed by atoms with E-state index in [0.29, 0.717) is 12.3 Å². The molecule has 24 heavy (non-hydrogen) atoms. The number of carbonyl (C=O) groups excluding carboxylic acids is 1. The van der Waals surface area contributed by atoms with Gasteiger partial charge in [0.15, 0.2) is 5.76 Å². The lowest BCUT2D eigenvalue weighted by Crippen LogP contribution is -2.22. The summed E-state index contributed by atoms with van der Waals surface area (Å²) < 4.78 is 11.4. The number of hydrogen-bond donors (Lipinski definition) is 1. The Bertz CT molecular complexity index is 734. The summed E-state index contributed by atoms with van der Waals surface area (Å²) in [7, 11) is 0. The molecule has 0 spiro atoms. The van der Waals surface area contributed by atoms with Crippen LogP contribution in [0, 0.1) is 6.92 Å². The highest BCUT2D eigenvalue weighted by molar-refractivity contribution is 6.31. The van der Waals surface area contributed by atoms with Crippen LogP contribution < -0.4 is 10.1 Å². The highest BCUT2D eigenvalue weighted by atomic mass is 35.5. The Labute approximate surface area is 147 Å². The Morgan fingerprint density at radius 3 is 2.83 bits per heavy atom. The van der Waals surface area contributed by atoms with Crippen molar-refractivity contribution in [3.05, 3.63) is 64.6 Å². The van der Waals surface area contributed by atoms with Crippen molar-refractivity contribution in [2.75, 3.05) is 6.54 Å². The van der Waals surface area contributed by atoms with Gasteiger partial charge in [0.05, 0.1) is 0 Å². The SMILES string of the molecule is C=CCNC(=O)c1ccc(COc2cc(C)c(Cl)cc2C(C)C)o1. The molecule has 1 aromatic carbocycles. The molecule has 5 heteroatoms. The number of ether oxygens (including phenoxy) is 1. The minimum atomic E-state index is -0.272. The number of amides is 1. The largest absolute Gasteiger partial charge is 0.485 e. The van der Waals surface area contributed by atoms with Gasteiger partial charge in [-0.25, -0.2) is 0 Å². The molecule has 0 unspecified atom stereocenters. The summed E-state index contributed by atoms with van der Waals surface area (Å²) in [6, 6.07) is 7.24. The zero-order valence-electron chi connectivity index (χ0n) is 14.2. The highest BCUT2D eigenvalue weighted by Gasteiger charge is 2.14. The van der Waals surface area contributed by atoms with E-state index in [1.165, 1.54) is 0 Å². The van der Waals surface area contributed by atoms with Crippen molar-refractivity contribution in [1.29, 1.82) is 0 Å². The van der Waals surface area contributed by atoms with Gasteiger partial charge in [0.25, 0.3) is 5.91 Å². The molecule has 0 saturated carbocycles. The second-order valence-corrected chi connectivity index (χ2v) is 6.25. The molecule has 0 bridgehead atoms. The van der Waals surface area contributed by atoms with Crippen molar-refractivity contribution in [1.82, 2.24) is 5.32 Å². The lowest BCUT2D eigenvalue weighted by atomic mass is 10.0. The van der Waals surface area contributed by atoms with Gasteiger partial charge in [0.1, 0.15) is 18.1 Å². The highest BCUT2D eigenvalue weighted by Crippen LogP contribution is 2.32. The number of halogens is 1. The average molecular weight is 348 g/mol. The molecule has 1 amide bonds. The maximum absolute atomic E-state index is 11.8. The van der Waals surface area contributed by atoms with Crippen molar-refractivity contribution >= 4 is 17.5 Å². The molecule has 0 aliphatic heterocycles. The Morgan fingerprint density at radius 2 is 2.17 bits per heavy atom. The van der Waals surface area contributed by atoms with Gasteiger partial charge in [0, 0.05) is 11.6 Å². The van der Waals surface area contributed by atoms with E-state index in [0.717, 1.165) is 21.9 Å². The van der Waals surface area contributed by atoms with Crippen LogP contribution in [-0.4, -0.2) is 12.5 Å². The van der Waals surface area contributed by atoms with E-state index in [1.807, 2.05) is 19.1 Å². The monoisotopic (exact) mass is 347 g/mol. The number of hydrogen-bond acceptors (Lipinski definition) is 3. The molecule has 0 aliphatic rings. The summed E-state index contributed by atoms with van der Waals surface area (Å²) in [6.07, 6.45) is 1.61. The molecule has 0 fully saturated rings. The molecular formula is C19H22ClNO3. The Balaban J connectivity index is 2.09. The lowest BCUT2D eigenvalue weighted by Gasteiger charge is -2.15. The van der Waals surface area contributed by atoms with Gasteiger partial charge in [-0.15, -0.1) is 6.58 Å². The number of nitrogens with one attached hydrogen (secondary N) is 1. The smallest absolute Gasteiger partial charge is 0.287 e. The summed E-state index contributed by atoms with van der Waals surface area (Å²) in [6.45, 7) is 10.3. The van der Waals surface area contributed by atoms with Crippen LogP contribution >= 0.6 is 11.6 Å². The van der Waals surface area contributed by atoms with Gasteiger partial charge >= 0.3 is 0 Å². The van der Waals surface area contributed by atoms with Crippen LogP contribution in [-0.2, 0) is 6.61 Å². The molecule has 1 N–H and O–H groups in total. The fourth-order valence-corrected chi connectivity index (χ4v) is 2.40. The summed E-state index contributed by atoms with van der Waals surface area (Å²) in [4.78, 5) is 11.8. The van der Waals surface area contributed by atoms with Crippen molar-refractivity contribution < 1.29 is 13.9 Å². The lowest BCUT2D eigenvalue weighted by molar-refractivity contribution is 0.0926. The Kier molecular flexibility index (Phi) is 6.10. The van der Waals surface area contributed by atoms with Crippen LogP contribution in [0.2, 0.25) is 5.02 Å². The van der Waals surface area contributed by atoms with Crippen LogP contribution in [0.4, 0.5) is 0 Å². The van der Waals surface area contributed by atoms with Gasteiger partial charge in [-0.3, -0.25) is 4.79 Å². The molecule has 0 atom stereocenters. The second-order valence-electron chi connectivity index (χ2n) is 5.85. The first-order valence-corrected chi connectivity index (χ1v) is 8.20. The zero-order chi connectivity index (χ0) is 17.7. The van der Waals surface area contributed by atoms with E-state index < -0.39 is 0 Å². The molecule has 1 aromatic heterocycles. The van der Waals surface area contributed by atoms with Gasteiger partial charge in [-0.05, 0) is 48.2 Å². The average Bonchev–Trinajstić information content (AvgIpc) is 3.02. The van der Waals surface area contributed by atoms with Crippen LogP contribution in [0.15, 0.2) is 41.3 Å². The first-order valence-electron chi connectivity index (χ1n) is 7.83. The predicted molar refractivity (Wildman–Crippen MR) is 95.8 cm³/mol. The zero-order valence-corrected chi connectivity index (χ0v) is 14.9. The van der Waals surface area contributed by atoms with Crippen LogP contribution in [0.5, 0.6) is 5.75 Å². The standard InChI is InChI=1S/C19H22ClNO3/c1-5-8-21-19(22)17-7-6-14(24-17)11-23-18-9-13(4)16(20)10-15(18)12(2)3/h5-7,9-10,12H,1,8,11H2,2-4H3,(H,21,22). The molecular weight excluding hydrogens is 326 g/mol. The molecule has 0 radical (unpaired) electrons. The maximum Gasteiger partial charge on any atom is 0.287 e. The van der Waals surface area contributed by atoms with Crippen LogP contribution in [0.25, 0.3) is 0 Å². The third kappa shape index (κ3) is 4.42. The number of furan rings is 1. The van der Waals surface area contributed by atoms with Crippen LogP contribution in [0.1, 0.15) is 47.2 Å². The Hall–Kier alpha value is -2.20. The topological polar surface area (TPSA) is 51.5 Å². The number of aryl methyl sites for hydroxylation is 1. The maximum atomic E-state index is 11.8. The van der Waals surface area contributed by atoms with E-state index in [9.17, 15) is 4.79 Å².